The lowest BCUT2D eigenvalue weighted by atomic mass is 10.1. The molecule has 2 aromatic rings. The number of carbonyl (C=O) groups is 2. The predicted molar refractivity (Wildman–Crippen MR) is 130 cm³/mol. The van der Waals surface area contributed by atoms with Gasteiger partial charge in [0.15, 0.2) is 0 Å². The first-order valence-electron chi connectivity index (χ1n) is 11.0. The fourth-order valence-electron chi connectivity index (χ4n) is 3.36. The molecule has 0 radical (unpaired) electrons. The maximum atomic E-state index is 13.3. The molecule has 1 atom stereocenters. The lowest BCUT2D eigenvalue weighted by Gasteiger charge is -2.32. The van der Waals surface area contributed by atoms with Crippen LogP contribution in [0.15, 0.2) is 59.5 Å². The van der Waals surface area contributed by atoms with Crippen molar-refractivity contribution in [1.29, 1.82) is 0 Å². The molecule has 0 fully saturated rings. The van der Waals surface area contributed by atoms with Gasteiger partial charge in [0.1, 0.15) is 6.04 Å². The van der Waals surface area contributed by atoms with Gasteiger partial charge < -0.3 is 10.2 Å². The minimum Gasteiger partial charge on any atom is -0.354 e. The fourth-order valence-corrected chi connectivity index (χ4v) is 4.60. The second-order valence-electron chi connectivity index (χ2n) is 7.79. The van der Waals surface area contributed by atoms with Crippen molar-refractivity contribution in [2.24, 2.45) is 0 Å². The number of nitrogens with one attached hydrogen (secondary N) is 1. The smallest absolute Gasteiger partial charge is 0.243 e. The Morgan fingerprint density at radius 2 is 1.67 bits per heavy atom. The molecule has 0 saturated carbocycles. The standard InChI is InChI=1S/C24H32ClN3O4S/c1-4-6-16-26-24(30)22(5-2)28(17-19-10-8-7-9-11-19)23(29)18-27(3)33(31,32)21-14-12-20(25)13-15-21/h7-15,22H,4-6,16-18H2,1-3H3,(H,26,30). The molecule has 1 unspecified atom stereocenters. The van der Waals surface area contributed by atoms with Gasteiger partial charge in [0.25, 0.3) is 0 Å². The maximum absolute atomic E-state index is 13.3. The van der Waals surface area contributed by atoms with Gasteiger partial charge >= 0.3 is 0 Å². The van der Waals surface area contributed by atoms with Crippen molar-refractivity contribution in [2.45, 2.75) is 50.6 Å². The van der Waals surface area contributed by atoms with E-state index in [0.29, 0.717) is 18.0 Å². The average molecular weight is 494 g/mol. The summed E-state index contributed by atoms with van der Waals surface area (Å²) in [4.78, 5) is 27.7. The van der Waals surface area contributed by atoms with Crippen LogP contribution in [0.5, 0.6) is 0 Å². The van der Waals surface area contributed by atoms with Gasteiger partial charge in [-0.05, 0) is 42.7 Å². The van der Waals surface area contributed by atoms with Crippen molar-refractivity contribution in [1.82, 2.24) is 14.5 Å². The number of carbonyl (C=O) groups excluding carboxylic acids is 2. The zero-order chi connectivity index (χ0) is 24.4. The first kappa shape index (κ1) is 26.8. The van der Waals surface area contributed by atoms with Crippen LogP contribution in [0.3, 0.4) is 0 Å². The van der Waals surface area contributed by atoms with Crippen LogP contribution in [-0.2, 0) is 26.2 Å². The number of amides is 2. The molecule has 0 saturated heterocycles. The van der Waals surface area contributed by atoms with Gasteiger partial charge in [-0.2, -0.15) is 4.31 Å². The van der Waals surface area contributed by atoms with Crippen LogP contribution in [-0.4, -0.2) is 55.6 Å². The van der Waals surface area contributed by atoms with E-state index in [2.05, 4.69) is 5.32 Å². The number of nitrogens with zero attached hydrogens (tertiary/aromatic N) is 2. The maximum Gasteiger partial charge on any atom is 0.243 e. The van der Waals surface area contributed by atoms with E-state index in [1.807, 2.05) is 44.2 Å². The van der Waals surface area contributed by atoms with Crippen LogP contribution in [0.2, 0.25) is 5.02 Å². The Balaban J connectivity index is 2.26. The average Bonchev–Trinajstić information content (AvgIpc) is 2.80. The highest BCUT2D eigenvalue weighted by Crippen LogP contribution is 2.19. The molecule has 0 aliphatic rings. The Bertz CT molecular complexity index is 1010. The molecule has 180 valence electrons. The Hall–Kier alpha value is -2.42. The Kier molecular flexibility index (Phi) is 10.3. The summed E-state index contributed by atoms with van der Waals surface area (Å²) in [6, 6.07) is 14.4. The van der Waals surface area contributed by atoms with Crippen molar-refractivity contribution in [3.63, 3.8) is 0 Å². The zero-order valence-electron chi connectivity index (χ0n) is 19.3. The molecule has 0 spiro atoms. The van der Waals surface area contributed by atoms with Crippen LogP contribution in [0, 0.1) is 0 Å². The highest BCUT2D eigenvalue weighted by Gasteiger charge is 2.31. The largest absolute Gasteiger partial charge is 0.354 e. The summed E-state index contributed by atoms with van der Waals surface area (Å²) < 4.78 is 26.9. The first-order chi connectivity index (χ1) is 15.7. The second-order valence-corrected chi connectivity index (χ2v) is 10.3. The molecule has 7 nitrogen and oxygen atoms in total. The van der Waals surface area contributed by atoms with Crippen LogP contribution in [0.1, 0.15) is 38.7 Å². The van der Waals surface area contributed by atoms with E-state index in [1.54, 1.807) is 0 Å². The van der Waals surface area contributed by atoms with E-state index in [0.717, 1.165) is 22.7 Å². The number of hydrogen-bond acceptors (Lipinski definition) is 4. The van der Waals surface area contributed by atoms with Crippen molar-refractivity contribution < 1.29 is 18.0 Å². The molecule has 0 heterocycles. The SMILES string of the molecule is CCCCNC(=O)C(CC)N(Cc1ccccc1)C(=O)CN(C)S(=O)(=O)c1ccc(Cl)cc1. The summed E-state index contributed by atoms with van der Waals surface area (Å²) in [6.07, 6.45) is 2.19. The van der Waals surface area contributed by atoms with Crippen LogP contribution in [0.4, 0.5) is 0 Å². The summed E-state index contributed by atoms with van der Waals surface area (Å²) in [5.41, 5.74) is 0.855. The number of halogens is 1. The molecular formula is C24H32ClN3O4S. The van der Waals surface area contributed by atoms with Gasteiger partial charge in [-0.25, -0.2) is 8.42 Å². The minimum atomic E-state index is -3.90. The third kappa shape index (κ3) is 7.55. The normalized spacial score (nSPS) is 12.4. The van der Waals surface area contributed by atoms with Gasteiger partial charge in [0.2, 0.25) is 21.8 Å². The fraction of sp³-hybridized carbons (Fsp3) is 0.417. The van der Waals surface area contributed by atoms with E-state index in [4.69, 9.17) is 11.6 Å². The third-order valence-corrected chi connectivity index (χ3v) is 7.36. The molecule has 0 aliphatic carbocycles. The Morgan fingerprint density at radius 3 is 2.24 bits per heavy atom. The molecule has 2 amide bonds. The number of rotatable bonds is 12. The van der Waals surface area contributed by atoms with Gasteiger partial charge in [0, 0.05) is 25.2 Å². The predicted octanol–water partition coefficient (Wildman–Crippen LogP) is 3.68. The summed E-state index contributed by atoms with van der Waals surface area (Å²) in [5.74, 6) is -0.685. The first-order valence-corrected chi connectivity index (χ1v) is 12.9. The highest BCUT2D eigenvalue weighted by molar-refractivity contribution is 7.89. The van der Waals surface area contributed by atoms with Gasteiger partial charge in [-0.15, -0.1) is 0 Å². The van der Waals surface area contributed by atoms with Crippen molar-refractivity contribution >= 4 is 33.4 Å². The minimum absolute atomic E-state index is 0.0427. The molecule has 2 aromatic carbocycles. The van der Waals surface area contributed by atoms with E-state index in [-0.39, 0.29) is 17.3 Å². The molecule has 9 heteroatoms. The van der Waals surface area contributed by atoms with Crippen LogP contribution < -0.4 is 5.32 Å². The summed E-state index contributed by atoms with van der Waals surface area (Å²) in [5, 5.41) is 3.31. The molecule has 0 bridgehead atoms. The number of likely N-dealkylation sites (N-methyl/N-ethyl adjacent to an activating group) is 1. The molecule has 2 rings (SSSR count). The summed E-state index contributed by atoms with van der Waals surface area (Å²) in [7, 11) is -2.55. The van der Waals surface area contributed by atoms with E-state index >= 15 is 0 Å². The van der Waals surface area contributed by atoms with Crippen molar-refractivity contribution in [3.05, 3.63) is 65.2 Å². The van der Waals surface area contributed by atoms with E-state index < -0.39 is 28.5 Å². The topological polar surface area (TPSA) is 86.8 Å². The number of benzene rings is 2. The lowest BCUT2D eigenvalue weighted by molar-refractivity contribution is -0.141. The van der Waals surface area contributed by atoms with E-state index in [1.165, 1.54) is 36.2 Å². The molecular weight excluding hydrogens is 462 g/mol. The molecule has 0 aliphatic heterocycles. The van der Waals surface area contributed by atoms with Gasteiger partial charge in [0.05, 0.1) is 11.4 Å². The van der Waals surface area contributed by atoms with Crippen LogP contribution in [0.25, 0.3) is 0 Å². The van der Waals surface area contributed by atoms with E-state index in [9.17, 15) is 18.0 Å². The van der Waals surface area contributed by atoms with Crippen molar-refractivity contribution in [2.75, 3.05) is 20.1 Å². The number of unbranched alkanes of at least 4 members (excludes halogenated alkanes) is 1. The zero-order valence-corrected chi connectivity index (χ0v) is 20.9. The Labute approximate surface area is 201 Å². The monoisotopic (exact) mass is 493 g/mol. The quantitative estimate of drug-likeness (QED) is 0.457. The van der Waals surface area contributed by atoms with Crippen LogP contribution >= 0.6 is 11.6 Å². The molecule has 1 N–H and O–H groups in total. The Morgan fingerprint density at radius 1 is 1.03 bits per heavy atom. The van der Waals surface area contributed by atoms with Gasteiger partial charge in [-0.1, -0.05) is 62.2 Å². The summed E-state index contributed by atoms with van der Waals surface area (Å²) >= 11 is 5.86. The van der Waals surface area contributed by atoms with Crippen molar-refractivity contribution in [3.8, 4) is 0 Å². The molecule has 0 aromatic heterocycles. The summed E-state index contributed by atoms with van der Waals surface area (Å²) in [6.45, 7) is 4.21. The number of hydrogen-bond donors (Lipinski definition) is 1. The van der Waals surface area contributed by atoms with Gasteiger partial charge in [-0.3, -0.25) is 9.59 Å². The second kappa shape index (κ2) is 12.7. The third-order valence-electron chi connectivity index (χ3n) is 5.29. The number of sulfonamides is 1. The lowest BCUT2D eigenvalue weighted by Crippen LogP contribution is -2.51. The molecule has 33 heavy (non-hydrogen) atoms. The highest BCUT2D eigenvalue weighted by atomic mass is 35.5.